The number of aromatic nitrogens is 2. The van der Waals surface area contributed by atoms with Crippen molar-refractivity contribution in [2.45, 2.75) is 5.88 Å². The molecule has 128 valence electrons. The molecule has 0 bridgehead atoms. The number of nitrogens with zero attached hydrogens (tertiary/aromatic N) is 2. The van der Waals surface area contributed by atoms with Gasteiger partial charge < -0.3 is 10.1 Å². The summed E-state index contributed by atoms with van der Waals surface area (Å²) in [6, 6.07) is 8.99. The van der Waals surface area contributed by atoms with E-state index in [2.05, 4.69) is 15.3 Å². The number of methoxy groups -OCH3 is 1. The summed E-state index contributed by atoms with van der Waals surface area (Å²) in [5, 5.41) is 3.00. The van der Waals surface area contributed by atoms with Gasteiger partial charge in [-0.3, -0.25) is 0 Å². The Kier molecular flexibility index (Phi) is 5.09. The minimum Gasteiger partial charge on any atom is -0.496 e. The van der Waals surface area contributed by atoms with Crippen LogP contribution in [0.5, 0.6) is 5.75 Å². The van der Waals surface area contributed by atoms with Crippen LogP contribution < -0.4 is 10.1 Å². The third-order valence-electron chi connectivity index (χ3n) is 3.54. The Bertz CT molecular complexity index is 905. The third kappa shape index (κ3) is 3.85. The number of ether oxygens (including phenoxy) is 1. The molecule has 0 aliphatic rings. The summed E-state index contributed by atoms with van der Waals surface area (Å²) >= 11 is 5.81. The molecule has 0 unspecified atom stereocenters. The van der Waals surface area contributed by atoms with E-state index in [9.17, 15) is 8.78 Å². The summed E-state index contributed by atoms with van der Waals surface area (Å²) in [5.41, 5.74) is 1.55. The Balaban J connectivity index is 1.98. The molecule has 7 heteroatoms. The van der Waals surface area contributed by atoms with Crippen LogP contribution in [0.25, 0.3) is 11.1 Å². The van der Waals surface area contributed by atoms with Gasteiger partial charge >= 0.3 is 0 Å². The average molecular weight is 362 g/mol. The van der Waals surface area contributed by atoms with Crippen molar-refractivity contribution in [3.63, 3.8) is 0 Å². The van der Waals surface area contributed by atoms with Crippen molar-refractivity contribution in [1.82, 2.24) is 9.97 Å². The number of halogens is 3. The van der Waals surface area contributed by atoms with Crippen molar-refractivity contribution in [3.05, 3.63) is 66.0 Å². The van der Waals surface area contributed by atoms with Gasteiger partial charge in [-0.2, -0.15) is 0 Å². The Labute approximate surface area is 148 Å². The molecule has 1 aromatic carbocycles. The largest absolute Gasteiger partial charge is 0.496 e. The first-order valence-corrected chi connectivity index (χ1v) is 7.91. The fourth-order valence-corrected chi connectivity index (χ4v) is 2.52. The topological polar surface area (TPSA) is 47.0 Å². The zero-order valence-corrected chi connectivity index (χ0v) is 14.0. The van der Waals surface area contributed by atoms with Gasteiger partial charge in [0.15, 0.2) is 0 Å². The van der Waals surface area contributed by atoms with Crippen molar-refractivity contribution in [1.29, 1.82) is 0 Å². The highest BCUT2D eigenvalue weighted by Gasteiger charge is 2.13. The summed E-state index contributed by atoms with van der Waals surface area (Å²) in [6.45, 7) is 0. The van der Waals surface area contributed by atoms with Crippen LogP contribution in [0.1, 0.15) is 5.56 Å². The van der Waals surface area contributed by atoms with Crippen molar-refractivity contribution < 1.29 is 13.5 Å². The summed E-state index contributed by atoms with van der Waals surface area (Å²) in [4.78, 5) is 8.19. The molecule has 0 amide bonds. The van der Waals surface area contributed by atoms with E-state index in [1.54, 1.807) is 18.3 Å². The predicted octanol–water partition coefficient (Wildman–Crippen LogP) is 4.91. The first-order chi connectivity index (χ1) is 12.1. The van der Waals surface area contributed by atoms with Crippen molar-refractivity contribution >= 4 is 23.2 Å². The second-order valence-electron chi connectivity index (χ2n) is 5.20. The molecule has 0 aliphatic heterocycles. The molecular formula is C18H14ClF2N3O. The highest BCUT2D eigenvalue weighted by molar-refractivity contribution is 6.17. The zero-order valence-electron chi connectivity index (χ0n) is 13.3. The summed E-state index contributed by atoms with van der Waals surface area (Å²) in [5.74, 6) is 0.509. The predicted molar refractivity (Wildman–Crippen MR) is 93.2 cm³/mol. The molecule has 0 atom stereocenters. The van der Waals surface area contributed by atoms with Gasteiger partial charge in [0.05, 0.1) is 13.3 Å². The fourth-order valence-electron chi connectivity index (χ4n) is 2.36. The van der Waals surface area contributed by atoms with Crippen molar-refractivity contribution in [3.8, 4) is 16.9 Å². The van der Waals surface area contributed by atoms with E-state index in [-0.39, 0.29) is 11.3 Å². The molecule has 0 fully saturated rings. The number of alkyl halides is 1. The highest BCUT2D eigenvalue weighted by Crippen LogP contribution is 2.33. The first kappa shape index (κ1) is 17.1. The molecule has 2 heterocycles. The van der Waals surface area contributed by atoms with E-state index in [0.717, 1.165) is 11.8 Å². The number of rotatable bonds is 5. The lowest BCUT2D eigenvalue weighted by molar-refractivity contribution is 0.412. The maximum atomic E-state index is 14.3. The molecule has 25 heavy (non-hydrogen) atoms. The van der Waals surface area contributed by atoms with Gasteiger partial charge in [-0.25, -0.2) is 18.7 Å². The zero-order chi connectivity index (χ0) is 17.8. The van der Waals surface area contributed by atoms with Gasteiger partial charge in [-0.1, -0.05) is 0 Å². The number of nitrogens with one attached hydrogen (secondary N) is 1. The van der Waals surface area contributed by atoms with Gasteiger partial charge in [0.2, 0.25) is 0 Å². The normalized spacial score (nSPS) is 10.6. The third-order valence-corrected chi connectivity index (χ3v) is 3.85. The molecule has 0 saturated carbocycles. The molecule has 0 saturated heterocycles. The maximum absolute atomic E-state index is 14.3. The average Bonchev–Trinajstić information content (AvgIpc) is 2.63. The lowest BCUT2D eigenvalue weighted by atomic mass is 10.0. The van der Waals surface area contributed by atoms with Crippen LogP contribution >= 0.6 is 11.6 Å². The van der Waals surface area contributed by atoms with Crippen LogP contribution in [0.3, 0.4) is 0 Å². The SMILES string of the molecule is COc1cc(F)ccc1-c1cc(Nc2cc(CCl)ccn2)ncc1F. The van der Waals surface area contributed by atoms with Crippen molar-refractivity contribution in [2.75, 3.05) is 12.4 Å². The van der Waals surface area contributed by atoms with Gasteiger partial charge in [-0.15, -0.1) is 11.6 Å². The van der Waals surface area contributed by atoms with Crippen LogP contribution in [-0.2, 0) is 5.88 Å². The maximum Gasteiger partial charge on any atom is 0.149 e. The second kappa shape index (κ2) is 7.44. The van der Waals surface area contributed by atoms with E-state index in [4.69, 9.17) is 16.3 Å². The van der Waals surface area contributed by atoms with Gasteiger partial charge in [0, 0.05) is 29.3 Å². The van der Waals surface area contributed by atoms with Crippen molar-refractivity contribution in [2.24, 2.45) is 0 Å². The molecule has 0 radical (unpaired) electrons. The minimum atomic E-state index is -0.544. The molecule has 3 aromatic rings. The molecule has 3 rings (SSSR count). The molecular weight excluding hydrogens is 348 g/mol. The Hall–Kier alpha value is -2.73. The number of pyridine rings is 2. The fraction of sp³-hybridized carbons (Fsp3) is 0.111. The van der Waals surface area contributed by atoms with Crippen LogP contribution in [0.4, 0.5) is 20.4 Å². The molecule has 4 nitrogen and oxygen atoms in total. The standard InChI is InChI=1S/C18H14ClF2N3O/c1-25-16-7-12(20)2-3-13(16)14-8-18(23-10-15(14)21)24-17-6-11(9-19)4-5-22-17/h2-8,10H,9H2,1H3,(H,22,23,24). The number of benzene rings is 1. The number of hydrogen-bond acceptors (Lipinski definition) is 4. The Morgan fingerprint density at radius 1 is 1.04 bits per heavy atom. The van der Waals surface area contributed by atoms with E-state index in [1.807, 2.05) is 0 Å². The van der Waals surface area contributed by atoms with Gasteiger partial charge in [-0.05, 0) is 35.9 Å². The Morgan fingerprint density at radius 2 is 1.84 bits per heavy atom. The lowest BCUT2D eigenvalue weighted by Crippen LogP contribution is -1.99. The number of hydrogen-bond donors (Lipinski definition) is 1. The van der Waals surface area contributed by atoms with Crippen LogP contribution in [0.15, 0.2) is 48.8 Å². The van der Waals surface area contributed by atoms with E-state index < -0.39 is 11.6 Å². The van der Waals surface area contributed by atoms with Crippen LogP contribution in [-0.4, -0.2) is 17.1 Å². The van der Waals surface area contributed by atoms with Gasteiger partial charge in [0.1, 0.15) is 29.0 Å². The lowest BCUT2D eigenvalue weighted by Gasteiger charge is -2.12. The molecule has 0 spiro atoms. The quantitative estimate of drug-likeness (QED) is 0.656. The smallest absolute Gasteiger partial charge is 0.149 e. The summed E-state index contributed by atoms with van der Waals surface area (Å²) in [6.07, 6.45) is 2.71. The van der Waals surface area contributed by atoms with E-state index in [1.165, 1.54) is 31.4 Å². The highest BCUT2D eigenvalue weighted by atomic mass is 35.5. The molecule has 2 aromatic heterocycles. The molecule has 0 aliphatic carbocycles. The summed E-state index contributed by atoms with van der Waals surface area (Å²) in [7, 11) is 1.40. The monoisotopic (exact) mass is 361 g/mol. The van der Waals surface area contributed by atoms with Crippen LogP contribution in [0.2, 0.25) is 0 Å². The van der Waals surface area contributed by atoms with E-state index in [0.29, 0.717) is 23.1 Å². The first-order valence-electron chi connectivity index (χ1n) is 7.38. The second-order valence-corrected chi connectivity index (χ2v) is 5.47. The minimum absolute atomic E-state index is 0.235. The number of anilines is 2. The summed E-state index contributed by atoms with van der Waals surface area (Å²) < 4.78 is 32.8. The Morgan fingerprint density at radius 3 is 2.60 bits per heavy atom. The molecule has 1 N–H and O–H groups in total. The van der Waals surface area contributed by atoms with Gasteiger partial charge in [0.25, 0.3) is 0 Å². The van der Waals surface area contributed by atoms with Crippen LogP contribution in [0, 0.1) is 11.6 Å². The van der Waals surface area contributed by atoms with E-state index >= 15 is 0 Å².